The number of hydrogen-bond donors (Lipinski definition) is 3. The number of amides is 4. The monoisotopic (exact) mass is 811 g/mol. The molecule has 4 amide bonds. The molecule has 4 aromatic rings. The highest BCUT2D eigenvalue weighted by Crippen LogP contribution is 2.46. The zero-order chi connectivity index (χ0) is 41.3. The number of methoxy groups -OCH3 is 1. The number of fused-ring (bicyclic) bond motifs is 3. The van der Waals surface area contributed by atoms with Crippen molar-refractivity contribution in [3.63, 3.8) is 0 Å². The molecule has 1 aromatic carbocycles. The van der Waals surface area contributed by atoms with E-state index in [1.54, 1.807) is 25.0 Å². The lowest BCUT2D eigenvalue weighted by Gasteiger charge is -2.29. The van der Waals surface area contributed by atoms with Gasteiger partial charge in [0, 0.05) is 47.8 Å². The number of likely N-dealkylation sites (N-methyl/N-ethyl adjacent to an activating group) is 1. The van der Waals surface area contributed by atoms with Crippen LogP contribution in [0.5, 0.6) is 11.5 Å². The molecule has 7 rings (SSSR count). The third kappa shape index (κ3) is 8.16. The third-order valence-corrected chi connectivity index (χ3v) is 12.3. The summed E-state index contributed by atoms with van der Waals surface area (Å²) in [5.74, 6) is -0.399. The molecule has 16 heteroatoms. The van der Waals surface area contributed by atoms with E-state index in [1.165, 1.54) is 16.2 Å². The Kier molecular flexibility index (Phi) is 11.8. The van der Waals surface area contributed by atoms with Crippen molar-refractivity contribution in [1.82, 2.24) is 45.8 Å². The van der Waals surface area contributed by atoms with Gasteiger partial charge in [0.25, 0.3) is 5.91 Å². The number of allylic oxidation sites excluding steroid dienone is 1. The summed E-state index contributed by atoms with van der Waals surface area (Å²) >= 11 is 1.51. The van der Waals surface area contributed by atoms with Gasteiger partial charge in [0.2, 0.25) is 17.7 Å². The van der Waals surface area contributed by atoms with E-state index in [0.29, 0.717) is 42.0 Å². The fourth-order valence-electron chi connectivity index (χ4n) is 7.91. The van der Waals surface area contributed by atoms with Gasteiger partial charge in [-0.1, -0.05) is 44.1 Å². The summed E-state index contributed by atoms with van der Waals surface area (Å²) < 4.78 is 14.1. The smallest absolute Gasteiger partial charge is 0.274 e. The normalized spacial score (nSPS) is 24.4. The fraction of sp³-hybridized carbons (Fsp3) is 0.524. The molecule has 0 bridgehead atoms. The molecular formula is C42H53N9O6S. The van der Waals surface area contributed by atoms with Crippen LogP contribution in [0.1, 0.15) is 106 Å². The summed E-state index contributed by atoms with van der Waals surface area (Å²) in [6, 6.07) is 3.69. The van der Waals surface area contributed by atoms with Crippen molar-refractivity contribution in [3.05, 3.63) is 58.9 Å². The molecule has 5 atom stereocenters. The van der Waals surface area contributed by atoms with Crippen LogP contribution in [0.25, 0.3) is 21.6 Å². The molecular weight excluding hydrogens is 759 g/mol. The molecule has 2 aliphatic heterocycles. The molecule has 1 saturated heterocycles. The Labute approximate surface area is 342 Å². The summed E-state index contributed by atoms with van der Waals surface area (Å²) in [5.41, 5.74) is 2.09. The van der Waals surface area contributed by atoms with E-state index < -0.39 is 41.4 Å². The van der Waals surface area contributed by atoms with Gasteiger partial charge in [0.1, 0.15) is 45.9 Å². The van der Waals surface area contributed by atoms with Gasteiger partial charge in [-0.2, -0.15) is 0 Å². The van der Waals surface area contributed by atoms with Crippen molar-refractivity contribution in [2.75, 3.05) is 20.7 Å². The largest absolute Gasteiger partial charge is 0.496 e. The molecule has 308 valence electrons. The van der Waals surface area contributed by atoms with Crippen LogP contribution in [-0.2, 0) is 14.4 Å². The average Bonchev–Trinajstić information content (AvgIpc) is 3.68. The van der Waals surface area contributed by atoms with Crippen LogP contribution in [0, 0.1) is 12.8 Å². The number of aryl methyl sites for hydroxylation is 1. The van der Waals surface area contributed by atoms with Crippen molar-refractivity contribution < 1.29 is 28.7 Å². The van der Waals surface area contributed by atoms with E-state index in [1.807, 2.05) is 50.4 Å². The number of carbonyl (C=O) groups excluding carboxylic acids is 4. The van der Waals surface area contributed by atoms with Crippen LogP contribution in [0.2, 0.25) is 0 Å². The van der Waals surface area contributed by atoms with E-state index in [0.717, 1.165) is 40.9 Å². The topological polar surface area (TPSA) is 183 Å². The fourth-order valence-corrected chi connectivity index (χ4v) is 8.85. The van der Waals surface area contributed by atoms with Gasteiger partial charge < -0.3 is 30.3 Å². The first kappa shape index (κ1) is 40.8. The number of nitrogens with one attached hydrogen (secondary N) is 3. The van der Waals surface area contributed by atoms with Crippen LogP contribution in [0.4, 0.5) is 0 Å². The Morgan fingerprint density at radius 1 is 1.09 bits per heavy atom. The maximum Gasteiger partial charge on any atom is 0.274 e. The highest BCUT2D eigenvalue weighted by molar-refractivity contribution is 7.13. The SMILES string of the molecule is CNC(=O)[C@@]12C[C@H]1/C=C\CCCCC[C@H](NC(=O)c1cn(C(C)C)nn1)C(=O)N1C[C@H](Oc3cc(-c4nc(C(C)C)cs4)nc4c(C)c(OC)ccc34)C[C@H]1C(=O)N2. The number of hydrogen-bond acceptors (Lipinski definition) is 11. The second-order valence-corrected chi connectivity index (χ2v) is 17.0. The summed E-state index contributed by atoms with van der Waals surface area (Å²) in [7, 11) is 3.17. The number of rotatable bonds is 9. The van der Waals surface area contributed by atoms with Gasteiger partial charge >= 0.3 is 0 Å². The molecule has 1 aliphatic carbocycles. The maximum atomic E-state index is 14.8. The van der Waals surface area contributed by atoms with Crippen molar-refractivity contribution >= 4 is 45.9 Å². The minimum absolute atomic E-state index is 0.00764. The van der Waals surface area contributed by atoms with Gasteiger partial charge in [-0.15, -0.1) is 16.4 Å². The molecule has 3 N–H and O–H groups in total. The number of thiazole rings is 1. The van der Waals surface area contributed by atoms with Crippen molar-refractivity contribution in [2.45, 2.75) is 115 Å². The Hall–Kier alpha value is -5.38. The summed E-state index contributed by atoms with van der Waals surface area (Å²) in [6.45, 7) is 10.0. The van der Waals surface area contributed by atoms with Crippen LogP contribution < -0.4 is 25.4 Å². The molecule has 0 radical (unpaired) electrons. The maximum absolute atomic E-state index is 14.8. The van der Waals surface area contributed by atoms with Gasteiger partial charge in [-0.25, -0.2) is 14.6 Å². The number of pyridine rings is 1. The second-order valence-electron chi connectivity index (χ2n) is 16.1. The minimum atomic E-state index is -1.12. The molecule has 5 heterocycles. The lowest BCUT2D eigenvalue weighted by Crippen LogP contribution is -2.57. The van der Waals surface area contributed by atoms with Crippen LogP contribution in [0.15, 0.2) is 41.9 Å². The van der Waals surface area contributed by atoms with Gasteiger partial charge in [-0.3, -0.25) is 19.2 Å². The van der Waals surface area contributed by atoms with E-state index >= 15 is 0 Å². The summed E-state index contributed by atoms with van der Waals surface area (Å²) in [4.78, 5) is 67.6. The summed E-state index contributed by atoms with van der Waals surface area (Å²) in [5, 5.41) is 20.4. The number of carbonyl (C=O) groups is 4. The molecule has 15 nitrogen and oxygen atoms in total. The van der Waals surface area contributed by atoms with E-state index in [4.69, 9.17) is 19.4 Å². The van der Waals surface area contributed by atoms with E-state index in [9.17, 15) is 19.2 Å². The summed E-state index contributed by atoms with van der Waals surface area (Å²) in [6.07, 6.45) is 9.13. The molecule has 58 heavy (non-hydrogen) atoms. The molecule has 3 aromatic heterocycles. The van der Waals surface area contributed by atoms with Crippen LogP contribution >= 0.6 is 11.3 Å². The molecule has 0 spiro atoms. The first-order valence-corrected chi connectivity index (χ1v) is 21.1. The number of ether oxygens (including phenoxy) is 2. The lowest BCUT2D eigenvalue weighted by atomic mass is 10.0. The number of benzene rings is 1. The standard InChI is InChI=1S/C42H53N9O6S/c1-23(2)32-22-58-39(46-32)30-18-35(28-15-16-34(56-7)25(5)36(28)44-30)57-27-17-33-38(53)47-42(41(55)43-6)19-26(42)13-11-9-8-10-12-14-29(40(54)50(33)20-27)45-37(52)31-21-51(24(3)4)49-48-31/h11,13,15-16,18,21-24,26-27,29,33H,8-10,12,14,17,19-20H2,1-7H3,(H,43,55)(H,45,52)(H,47,53)/b13-11-/t26-,27-,29+,33+,42-/m1/s1. The first-order chi connectivity index (χ1) is 27.8. The minimum Gasteiger partial charge on any atom is -0.496 e. The Balaban J connectivity index is 1.24. The first-order valence-electron chi connectivity index (χ1n) is 20.2. The van der Waals surface area contributed by atoms with Gasteiger partial charge in [-0.05, 0) is 64.5 Å². The zero-order valence-corrected chi connectivity index (χ0v) is 35.0. The number of aromatic nitrogens is 5. The second kappa shape index (κ2) is 16.8. The van der Waals surface area contributed by atoms with E-state index in [-0.39, 0.29) is 42.4 Å². The van der Waals surface area contributed by atoms with Gasteiger partial charge in [0.05, 0.1) is 31.1 Å². The molecule has 1 saturated carbocycles. The van der Waals surface area contributed by atoms with Gasteiger partial charge in [0.15, 0.2) is 5.69 Å². The van der Waals surface area contributed by atoms with Crippen molar-refractivity contribution in [1.29, 1.82) is 0 Å². The van der Waals surface area contributed by atoms with E-state index in [2.05, 4.69) is 46.2 Å². The van der Waals surface area contributed by atoms with Crippen molar-refractivity contribution in [2.24, 2.45) is 5.92 Å². The Bertz CT molecular complexity index is 2230. The molecule has 3 aliphatic rings. The predicted octanol–water partition coefficient (Wildman–Crippen LogP) is 5.26. The predicted molar refractivity (Wildman–Crippen MR) is 220 cm³/mol. The van der Waals surface area contributed by atoms with Crippen LogP contribution in [-0.4, -0.2) is 97.9 Å². The molecule has 0 unspecified atom stereocenters. The highest BCUT2D eigenvalue weighted by Gasteiger charge is 2.60. The Morgan fingerprint density at radius 2 is 1.90 bits per heavy atom. The number of nitrogens with zero attached hydrogens (tertiary/aromatic N) is 6. The zero-order valence-electron chi connectivity index (χ0n) is 34.2. The highest BCUT2D eigenvalue weighted by atomic mass is 32.1. The average molecular weight is 812 g/mol. The Morgan fingerprint density at radius 3 is 2.60 bits per heavy atom. The van der Waals surface area contributed by atoms with Crippen LogP contribution in [0.3, 0.4) is 0 Å². The van der Waals surface area contributed by atoms with Crippen molar-refractivity contribution in [3.8, 4) is 22.2 Å². The third-order valence-electron chi connectivity index (χ3n) is 11.4. The lowest BCUT2D eigenvalue weighted by molar-refractivity contribution is -0.141. The quantitative estimate of drug-likeness (QED) is 0.189. The molecule has 2 fully saturated rings.